The van der Waals surface area contributed by atoms with Gasteiger partial charge in [-0.3, -0.25) is 10.8 Å². The smallest absolute Gasteiger partial charge is 0.151 e. The molecule has 1 aliphatic heterocycles. The fraction of sp³-hybridized carbons (Fsp3) is 0. The van der Waals surface area contributed by atoms with Gasteiger partial charge in [-0.05, 0) is 42.5 Å². The first kappa shape index (κ1) is 12.6. The molecule has 0 unspecified atom stereocenters. The lowest BCUT2D eigenvalue weighted by atomic mass is 10.0. The Balaban J connectivity index is 1.92. The highest BCUT2D eigenvalue weighted by Crippen LogP contribution is 2.48. The summed E-state index contributed by atoms with van der Waals surface area (Å²) in [7, 11) is 0. The monoisotopic (exact) mass is 287 g/mol. The van der Waals surface area contributed by atoms with Crippen LogP contribution in [0.1, 0.15) is 0 Å². The summed E-state index contributed by atoms with van der Waals surface area (Å²) in [5.74, 6) is 1.56. The lowest BCUT2D eigenvalue weighted by Crippen LogP contribution is -2.23. The SMILES string of the molecule is N=C1C=CC(N2c3ccccc3Oc3ccccc32)=CC1=N. The van der Waals surface area contributed by atoms with Crippen LogP contribution in [0.15, 0.2) is 72.5 Å². The Morgan fingerprint density at radius 1 is 0.727 bits per heavy atom. The van der Waals surface area contributed by atoms with Crippen LogP contribution in [0.25, 0.3) is 0 Å². The summed E-state index contributed by atoms with van der Waals surface area (Å²) in [6.07, 6.45) is 5.22. The molecule has 4 heteroatoms. The highest BCUT2D eigenvalue weighted by molar-refractivity contribution is 6.49. The van der Waals surface area contributed by atoms with Crippen LogP contribution in [0, 0.1) is 10.8 Å². The molecule has 0 bridgehead atoms. The molecule has 0 amide bonds. The van der Waals surface area contributed by atoms with Gasteiger partial charge in [-0.15, -0.1) is 0 Å². The standard InChI is InChI=1S/C18H13N3O/c19-13-10-9-12(11-14(13)20)21-15-5-1-3-7-17(15)22-18-8-4-2-6-16(18)21/h1-11,19-20H. The largest absolute Gasteiger partial charge is 0.453 e. The van der Waals surface area contributed by atoms with Crippen molar-refractivity contribution >= 4 is 22.8 Å². The third-order valence-electron chi connectivity index (χ3n) is 3.69. The van der Waals surface area contributed by atoms with Crippen LogP contribution in [0.4, 0.5) is 11.4 Å². The Labute approximate surface area is 128 Å². The van der Waals surface area contributed by atoms with Crippen molar-refractivity contribution in [1.82, 2.24) is 0 Å². The summed E-state index contributed by atoms with van der Waals surface area (Å²) in [4.78, 5) is 2.06. The average Bonchev–Trinajstić information content (AvgIpc) is 2.55. The van der Waals surface area contributed by atoms with Crippen molar-refractivity contribution in [2.75, 3.05) is 4.90 Å². The van der Waals surface area contributed by atoms with E-state index >= 15 is 0 Å². The zero-order valence-corrected chi connectivity index (χ0v) is 11.7. The molecule has 2 aromatic rings. The highest BCUT2D eigenvalue weighted by Gasteiger charge is 2.26. The average molecular weight is 287 g/mol. The Morgan fingerprint density at radius 3 is 1.91 bits per heavy atom. The van der Waals surface area contributed by atoms with Crippen LogP contribution in [0.2, 0.25) is 0 Å². The van der Waals surface area contributed by atoms with Gasteiger partial charge in [-0.1, -0.05) is 24.3 Å². The van der Waals surface area contributed by atoms with Crippen LogP contribution in [-0.4, -0.2) is 11.4 Å². The van der Waals surface area contributed by atoms with E-state index in [0.717, 1.165) is 28.6 Å². The van der Waals surface area contributed by atoms with Gasteiger partial charge in [0.05, 0.1) is 22.8 Å². The molecule has 2 aliphatic rings. The van der Waals surface area contributed by atoms with Gasteiger partial charge < -0.3 is 9.64 Å². The zero-order chi connectivity index (χ0) is 15.1. The molecule has 2 N–H and O–H groups in total. The number of nitrogens with one attached hydrogen (secondary N) is 2. The second kappa shape index (κ2) is 4.70. The molecule has 22 heavy (non-hydrogen) atoms. The number of rotatable bonds is 1. The maximum absolute atomic E-state index is 7.90. The summed E-state index contributed by atoms with van der Waals surface area (Å²) in [6.45, 7) is 0. The van der Waals surface area contributed by atoms with Gasteiger partial charge in [0.15, 0.2) is 11.5 Å². The van der Waals surface area contributed by atoms with E-state index in [2.05, 4.69) is 4.90 Å². The maximum Gasteiger partial charge on any atom is 0.151 e. The maximum atomic E-state index is 7.90. The molecule has 0 atom stereocenters. The molecular weight excluding hydrogens is 274 g/mol. The Morgan fingerprint density at radius 2 is 1.32 bits per heavy atom. The lowest BCUT2D eigenvalue weighted by molar-refractivity contribution is 0.476. The number of anilines is 2. The number of fused-ring (bicyclic) bond motifs is 2. The second-order valence-corrected chi connectivity index (χ2v) is 5.10. The van der Waals surface area contributed by atoms with Crippen molar-refractivity contribution in [3.8, 4) is 11.5 Å². The summed E-state index contributed by atoms with van der Waals surface area (Å²) < 4.78 is 5.96. The minimum absolute atomic E-state index is 0.207. The number of benzene rings is 2. The number of para-hydroxylation sites is 4. The van der Waals surface area contributed by atoms with Gasteiger partial charge in [0.25, 0.3) is 0 Å². The van der Waals surface area contributed by atoms with E-state index in [1.807, 2.05) is 54.6 Å². The van der Waals surface area contributed by atoms with Crippen molar-refractivity contribution in [1.29, 1.82) is 10.8 Å². The van der Waals surface area contributed by atoms with Crippen molar-refractivity contribution in [2.45, 2.75) is 0 Å². The number of nitrogens with zero attached hydrogens (tertiary/aromatic N) is 1. The number of ether oxygens (including phenoxy) is 1. The van der Waals surface area contributed by atoms with Gasteiger partial charge in [0, 0.05) is 5.70 Å². The van der Waals surface area contributed by atoms with E-state index in [4.69, 9.17) is 15.6 Å². The molecule has 106 valence electrons. The summed E-state index contributed by atoms with van der Waals surface area (Å²) in [5, 5.41) is 15.6. The zero-order valence-electron chi connectivity index (χ0n) is 11.7. The second-order valence-electron chi connectivity index (χ2n) is 5.10. The van der Waals surface area contributed by atoms with Crippen molar-refractivity contribution in [2.24, 2.45) is 0 Å². The van der Waals surface area contributed by atoms with Crippen LogP contribution < -0.4 is 9.64 Å². The van der Waals surface area contributed by atoms with E-state index in [9.17, 15) is 0 Å². The van der Waals surface area contributed by atoms with Gasteiger partial charge in [-0.2, -0.15) is 0 Å². The number of hydrogen-bond donors (Lipinski definition) is 2. The first-order chi connectivity index (χ1) is 10.7. The molecule has 0 spiro atoms. The van der Waals surface area contributed by atoms with Crippen molar-refractivity contribution < 1.29 is 4.74 Å². The minimum Gasteiger partial charge on any atom is -0.453 e. The normalized spacial score (nSPS) is 15.8. The summed E-state index contributed by atoms with van der Waals surface area (Å²) in [6, 6.07) is 15.6. The Kier molecular flexibility index (Phi) is 2.69. The van der Waals surface area contributed by atoms with Gasteiger partial charge in [-0.25, -0.2) is 0 Å². The third kappa shape index (κ3) is 1.85. The van der Waals surface area contributed by atoms with Gasteiger partial charge >= 0.3 is 0 Å². The van der Waals surface area contributed by atoms with Gasteiger partial charge in [0.1, 0.15) is 0 Å². The molecule has 0 radical (unpaired) electrons. The first-order valence-corrected chi connectivity index (χ1v) is 6.97. The van der Waals surface area contributed by atoms with Crippen molar-refractivity contribution in [3.05, 3.63) is 72.5 Å². The fourth-order valence-electron chi connectivity index (χ4n) is 2.65. The lowest BCUT2D eigenvalue weighted by Gasteiger charge is -2.34. The van der Waals surface area contributed by atoms with E-state index < -0.39 is 0 Å². The quantitative estimate of drug-likeness (QED) is 0.762. The molecule has 0 saturated carbocycles. The van der Waals surface area contributed by atoms with Crippen LogP contribution >= 0.6 is 0 Å². The first-order valence-electron chi connectivity index (χ1n) is 6.97. The summed E-state index contributed by atoms with van der Waals surface area (Å²) >= 11 is 0. The fourth-order valence-corrected chi connectivity index (χ4v) is 2.65. The summed E-state index contributed by atoms with van der Waals surface area (Å²) in [5.41, 5.74) is 3.14. The van der Waals surface area contributed by atoms with Gasteiger partial charge in [0.2, 0.25) is 0 Å². The topological polar surface area (TPSA) is 60.2 Å². The van der Waals surface area contributed by atoms with E-state index in [0.29, 0.717) is 0 Å². The molecule has 4 nitrogen and oxygen atoms in total. The predicted molar refractivity (Wildman–Crippen MR) is 87.8 cm³/mol. The minimum atomic E-state index is 0.207. The molecule has 2 aromatic carbocycles. The highest BCUT2D eigenvalue weighted by atomic mass is 16.5. The van der Waals surface area contributed by atoms with Crippen LogP contribution in [0.3, 0.4) is 0 Å². The molecule has 4 rings (SSSR count). The van der Waals surface area contributed by atoms with Crippen LogP contribution in [0.5, 0.6) is 11.5 Å². The van der Waals surface area contributed by atoms with E-state index in [-0.39, 0.29) is 11.4 Å². The molecule has 1 heterocycles. The van der Waals surface area contributed by atoms with Crippen LogP contribution in [-0.2, 0) is 0 Å². The number of allylic oxidation sites excluding steroid dienone is 3. The van der Waals surface area contributed by atoms with Crippen molar-refractivity contribution in [3.63, 3.8) is 0 Å². The Bertz CT molecular complexity index is 819. The number of hydrogen-bond acceptors (Lipinski definition) is 4. The molecule has 0 fully saturated rings. The Hall–Kier alpha value is -3.14. The predicted octanol–water partition coefficient (Wildman–Crippen LogP) is 4.42. The molecule has 1 aliphatic carbocycles. The molecular formula is C18H13N3O. The molecule has 0 saturated heterocycles. The molecule has 0 aromatic heterocycles. The van der Waals surface area contributed by atoms with E-state index in [1.165, 1.54) is 0 Å². The van der Waals surface area contributed by atoms with E-state index in [1.54, 1.807) is 12.2 Å². The third-order valence-corrected chi connectivity index (χ3v) is 3.69.